The monoisotopic (exact) mass is 498 g/mol. The zero-order valence-corrected chi connectivity index (χ0v) is 21.6. The Balaban J connectivity index is 1.75. The second-order valence-electron chi connectivity index (χ2n) is 8.72. The van der Waals surface area contributed by atoms with Crippen LogP contribution in [0.2, 0.25) is 35.7 Å². The summed E-state index contributed by atoms with van der Waals surface area (Å²) < 4.78 is 16.9. The highest BCUT2D eigenvalue weighted by molar-refractivity contribution is 7.80. The Bertz CT molecular complexity index is 939. The van der Waals surface area contributed by atoms with E-state index in [4.69, 9.17) is 49.6 Å². The van der Waals surface area contributed by atoms with Gasteiger partial charge in [-0.15, -0.1) is 0 Å². The SMILES string of the molecule is COc1cc(N2C[C@@H](c3c(OCOCC[Si](C)(C)C)ccc(Cl)c3Cl)CC2=S)ccn1. The van der Waals surface area contributed by atoms with Crippen molar-refractivity contribution in [1.82, 2.24) is 4.98 Å². The molecule has 0 saturated carbocycles. The third-order valence-corrected chi connectivity index (χ3v) is 8.07. The van der Waals surface area contributed by atoms with Gasteiger partial charge in [0.25, 0.3) is 0 Å². The fourth-order valence-electron chi connectivity index (χ4n) is 3.43. The first-order valence-electron chi connectivity index (χ1n) is 10.2. The molecule has 1 saturated heterocycles. The van der Waals surface area contributed by atoms with E-state index >= 15 is 0 Å². The minimum absolute atomic E-state index is 0.0508. The van der Waals surface area contributed by atoms with Crippen molar-refractivity contribution in [2.45, 2.75) is 38.0 Å². The minimum atomic E-state index is -1.14. The maximum Gasteiger partial charge on any atom is 0.214 e. The number of methoxy groups -OCH3 is 1. The van der Waals surface area contributed by atoms with Gasteiger partial charge in [-0.05, 0) is 24.2 Å². The van der Waals surface area contributed by atoms with Crippen LogP contribution in [0.4, 0.5) is 5.69 Å². The lowest BCUT2D eigenvalue weighted by atomic mass is 9.97. The molecule has 1 aromatic carbocycles. The predicted molar refractivity (Wildman–Crippen MR) is 134 cm³/mol. The molecule has 1 fully saturated rings. The molecular weight excluding hydrogens is 471 g/mol. The lowest BCUT2D eigenvalue weighted by Crippen LogP contribution is -2.23. The number of rotatable bonds is 9. The number of hydrogen-bond donors (Lipinski definition) is 0. The van der Waals surface area contributed by atoms with Crippen molar-refractivity contribution in [3.8, 4) is 11.6 Å². The molecule has 0 amide bonds. The van der Waals surface area contributed by atoms with Gasteiger partial charge in [-0.2, -0.15) is 0 Å². The van der Waals surface area contributed by atoms with E-state index in [1.54, 1.807) is 19.4 Å². The third-order valence-electron chi connectivity index (χ3n) is 5.16. The molecule has 5 nitrogen and oxygen atoms in total. The van der Waals surface area contributed by atoms with Gasteiger partial charge in [0.1, 0.15) is 5.75 Å². The van der Waals surface area contributed by atoms with Crippen LogP contribution in [0.25, 0.3) is 0 Å². The Morgan fingerprint density at radius 2 is 2.00 bits per heavy atom. The molecule has 0 bridgehead atoms. The zero-order chi connectivity index (χ0) is 22.6. The largest absolute Gasteiger partial charge is 0.481 e. The Morgan fingerprint density at radius 1 is 1.23 bits per heavy atom. The summed E-state index contributed by atoms with van der Waals surface area (Å²) in [6, 6.07) is 8.49. The molecule has 0 N–H and O–H groups in total. The van der Waals surface area contributed by atoms with Gasteiger partial charge in [-0.3, -0.25) is 0 Å². The molecule has 9 heteroatoms. The standard InChI is InChI=1S/C22H28Cl2N2O3SSi/c1-27-19-12-16(7-8-25-19)26-13-15(11-20(26)30)21-18(6-5-17(23)22(21)24)29-14-28-9-10-31(2,3)4/h5-8,12,15H,9-11,13-14H2,1-4H3/t15-/m0/s1. The fraction of sp³-hybridized carbons (Fsp3) is 0.455. The average Bonchev–Trinajstić information content (AvgIpc) is 3.10. The van der Waals surface area contributed by atoms with Crippen molar-refractivity contribution >= 4 is 54.2 Å². The van der Waals surface area contributed by atoms with Crippen molar-refractivity contribution in [2.24, 2.45) is 0 Å². The number of hydrogen-bond acceptors (Lipinski definition) is 5. The van der Waals surface area contributed by atoms with Crippen LogP contribution in [-0.4, -0.2) is 45.1 Å². The normalized spacial score (nSPS) is 16.6. The molecule has 3 rings (SSSR count). The Kier molecular flexibility index (Phi) is 8.21. The van der Waals surface area contributed by atoms with Gasteiger partial charge >= 0.3 is 0 Å². The number of halogens is 2. The molecule has 1 atom stereocenters. The Morgan fingerprint density at radius 3 is 2.71 bits per heavy atom. The molecule has 31 heavy (non-hydrogen) atoms. The van der Waals surface area contributed by atoms with Crippen LogP contribution in [0.1, 0.15) is 17.9 Å². The molecule has 1 aromatic heterocycles. The number of aromatic nitrogens is 1. The van der Waals surface area contributed by atoms with Gasteiger partial charge in [-0.25, -0.2) is 4.98 Å². The van der Waals surface area contributed by atoms with E-state index in [1.165, 1.54) is 0 Å². The average molecular weight is 500 g/mol. The second kappa shape index (κ2) is 10.5. The van der Waals surface area contributed by atoms with Crippen molar-refractivity contribution in [2.75, 3.05) is 32.0 Å². The van der Waals surface area contributed by atoms with Crippen LogP contribution in [0.15, 0.2) is 30.5 Å². The summed E-state index contributed by atoms with van der Waals surface area (Å²) in [6.07, 6.45) is 2.38. The minimum Gasteiger partial charge on any atom is -0.481 e. The first-order chi connectivity index (χ1) is 14.7. The lowest BCUT2D eigenvalue weighted by Gasteiger charge is -2.21. The molecule has 0 radical (unpaired) electrons. The third kappa shape index (κ3) is 6.32. The molecular formula is C22H28Cl2N2O3SSi. The number of benzene rings is 1. The topological polar surface area (TPSA) is 43.8 Å². The summed E-state index contributed by atoms with van der Waals surface area (Å²) in [5, 5.41) is 1.00. The summed E-state index contributed by atoms with van der Waals surface area (Å²) >= 11 is 18.7. The number of thiocarbonyl (C=S) groups is 1. The summed E-state index contributed by atoms with van der Waals surface area (Å²) in [4.78, 5) is 7.08. The zero-order valence-electron chi connectivity index (χ0n) is 18.3. The van der Waals surface area contributed by atoms with Gasteiger partial charge in [0.15, 0.2) is 6.79 Å². The van der Waals surface area contributed by atoms with Gasteiger partial charge in [0.05, 0.1) is 22.1 Å². The second-order valence-corrected chi connectivity index (χ2v) is 15.6. The smallest absolute Gasteiger partial charge is 0.214 e. The van der Waals surface area contributed by atoms with Crippen LogP contribution >= 0.6 is 35.4 Å². The van der Waals surface area contributed by atoms with E-state index in [0.29, 0.717) is 41.2 Å². The number of pyridine rings is 1. The van der Waals surface area contributed by atoms with Crippen LogP contribution < -0.4 is 14.4 Å². The number of anilines is 1. The van der Waals surface area contributed by atoms with Gasteiger partial charge in [-0.1, -0.05) is 55.1 Å². The maximum atomic E-state index is 6.63. The van der Waals surface area contributed by atoms with E-state index < -0.39 is 8.07 Å². The summed E-state index contributed by atoms with van der Waals surface area (Å²) in [5.41, 5.74) is 1.81. The van der Waals surface area contributed by atoms with Crippen LogP contribution in [0, 0.1) is 0 Å². The first-order valence-corrected chi connectivity index (χ1v) is 15.1. The van der Waals surface area contributed by atoms with Crippen LogP contribution in [0.3, 0.4) is 0 Å². The highest BCUT2D eigenvalue weighted by Crippen LogP contribution is 2.43. The summed E-state index contributed by atoms with van der Waals surface area (Å²) in [6.45, 7) is 8.50. The van der Waals surface area contributed by atoms with Gasteiger partial charge in [0, 0.05) is 57.1 Å². The molecule has 0 spiro atoms. The molecule has 0 aliphatic carbocycles. The summed E-state index contributed by atoms with van der Waals surface area (Å²) in [7, 11) is 0.454. The number of ether oxygens (including phenoxy) is 3. The summed E-state index contributed by atoms with van der Waals surface area (Å²) in [5.74, 6) is 1.28. The molecule has 2 heterocycles. The Hall–Kier alpha value is -1.38. The first kappa shape index (κ1) is 24.3. The van der Waals surface area contributed by atoms with E-state index in [2.05, 4.69) is 29.5 Å². The molecule has 0 unspecified atom stereocenters. The van der Waals surface area contributed by atoms with E-state index in [9.17, 15) is 0 Å². The lowest BCUT2D eigenvalue weighted by molar-refractivity contribution is 0.0213. The van der Waals surface area contributed by atoms with E-state index in [0.717, 1.165) is 22.3 Å². The molecule has 1 aliphatic rings. The van der Waals surface area contributed by atoms with Crippen LogP contribution in [-0.2, 0) is 4.74 Å². The highest BCUT2D eigenvalue weighted by Gasteiger charge is 2.33. The fourth-order valence-corrected chi connectivity index (χ4v) is 5.04. The predicted octanol–water partition coefficient (Wildman–Crippen LogP) is 6.41. The van der Waals surface area contributed by atoms with E-state index in [-0.39, 0.29) is 12.7 Å². The van der Waals surface area contributed by atoms with Gasteiger partial charge < -0.3 is 19.1 Å². The van der Waals surface area contributed by atoms with Gasteiger partial charge in [0.2, 0.25) is 5.88 Å². The number of nitrogens with zero attached hydrogens (tertiary/aromatic N) is 2. The van der Waals surface area contributed by atoms with Crippen molar-refractivity contribution in [3.63, 3.8) is 0 Å². The quantitative estimate of drug-likeness (QED) is 0.172. The van der Waals surface area contributed by atoms with Crippen LogP contribution in [0.5, 0.6) is 11.6 Å². The van der Waals surface area contributed by atoms with Crippen molar-refractivity contribution in [3.05, 3.63) is 46.1 Å². The highest BCUT2D eigenvalue weighted by atomic mass is 35.5. The van der Waals surface area contributed by atoms with Crippen molar-refractivity contribution < 1.29 is 14.2 Å². The van der Waals surface area contributed by atoms with E-state index in [1.807, 2.05) is 18.2 Å². The molecule has 2 aromatic rings. The Labute approximate surface area is 200 Å². The molecule has 1 aliphatic heterocycles. The maximum absolute atomic E-state index is 6.63. The van der Waals surface area contributed by atoms with Crippen molar-refractivity contribution in [1.29, 1.82) is 0 Å². The molecule has 168 valence electrons.